The number of para-hydroxylation sites is 1. The Hall–Kier alpha value is -2.75. The minimum absolute atomic E-state index is 0.0833. The Morgan fingerprint density at radius 1 is 0.929 bits per heavy atom. The van der Waals surface area contributed by atoms with Gasteiger partial charge in [-0.2, -0.15) is 22.0 Å². The molecule has 4 nitrogen and oxygen atoms in total. The van der Waals surface area contributed by atoms with Crippen LogP contribution >= 0.6 is 0 Å². The maximum Gasteiger partial charge on any atom is 0.459 e. The molecule has 3 rings (SSSR count). The van der Waals surface area contributed by atoms with Crippen molar-refractivity contribution in [1.82, 2.24) is 4.98 Å². The molecule has 0 amide bonds. The fraction of sp³-hybridized carbons (Fsp3) is 0.167. The molecule has 2 aromatic carbocycles. The molecule has 0 saturated heterocycles. The van der Waals surface area contributed by atoms with Crippen molar-refractivity contribution in [2.24, 2.45) is 0 Å². The van der Waals surface area contributed by atoms with E-state index in [-0.39, 0.29) is 15.8 Å². The first kappa shape index (κ1) is 20.0. The highest BCUT2D eigenvalue weighted by Crippen LogP contribution is 2.44. The van der Waals surface area contributed by atoms with E-state index in [4.69, 9.17) is 0 Å². The maximum atomic E-state index is 13.8. The number of sulfonamides is 1. The Morgan fingerprint density at radius 2 is 1.54 bits per heavy atom. The number of aromatic nitrogens is 1. The lowest BCUT2D eigenvalue weighted by atomic mass is 10.1. The quantitative estimate of drug-likeness (QED) is 0.609. The first-order valence-corrected chi connectivity index (χ1v) is 9.34. The van der Waals surface area contributed by atoms with E-state index in [2.05, 4.69) is 9.71 Å². The summed E-state index contributed by atoms with van der Waals surface area (Å²) >= 11 is 0. The Labute approximate surface area is 157 Å². The predicted molar refractivity (Wildman–Crippen MR) is 93.7 cm³/mol. The maximum absolute atomic E-state index is 13.8. The molecule has 0 bridgehead atoms. The molecule has 0 saturated carbocycles. The van der Waals surface area contributed by atoms with Gasteiger partial charge in [0.05, 0.1) is 16.1 Å². The van der Waals surface area contributed by atoms with Gasteiger partial charge in [0.25, 0.3) is 10.0 Å². The number of pyridine rings is 1. The van der Waals surface area contributed by atoms with Crippen molar-refractivity contribution in [3.63, 3.8) is 0 Å². The van der Waals surface area contributed by atoms with Gasteiger partial charge in [-0.1, -0.05) is 35.9 Å². The van der Waals surface area contributed by atoms with E-state index >= 15 is 0 Å². The standard InChI is InChI=1S/C18H13F5N2O2S/c1-11-6-8-12(9-7-11)28(26,27)25-15-10-16(17(19,20)18(21,22)23)24-14-5-3-2-4-13(14)15/h2-10H,1H3,(H,24,25). The summed E-state index contributed by atoms with van der Waals surface area (Å²) in [4.78, 5) is 3.22. The third-order valence-corrected chi connectivity index (χ3v) is 5.35. The van der Waals surface area contributed by atoms with Crippen LogP contribution in [0, 0.1) is 6.92 Å². The number of hydrogen-bond donors (Lipinski definition) is 1. The van der Waals surface area contributed by atoms with Gasteiger partial charge in [-0.3, -0.25) is 4.72 Å². The minimum atomic E-state index is -5.88. The Morgan fingerprint density at radius 3 is 2.14 bits per heavy atom. The molecule has 0 spiro atoms. The topological polar surface area (TPSA) is 59.1 Å². The zero-order valence-electron chi connectivity index (χ0n) is 14.3. The third-order valence-electron chi connectivity index (χ3n) is 3.97. The molecule has 1 aromatic heterocycles. The van der Waals surface area contributed by atoms with Crippen LogP contribution in [0.25, 0.3) is 10.9 Å². The highest BCUT2D eigenvalue weighted by Gasteiger charge is 2.60. The largest absolute Gasteiger partial charge is 0.459 e. The summed E-state index contributed by atoms with van der Waals surface area (Å²) in [6, 6.07) is 11.5. The van der Waals surface area contributed by atoms with Crippen LogP contribution in [0.15, 0.2) is 59.5 Å². The van der Waals surface area contributed by atoms with Crippen LogP contribution in [0.4, 0.5) is 27.6 Å². The van der Waals surface area contributed by atoms with Crippen molar-refractivity contribution in [3.05, 3.63) is 65.9 Å². The van der Waals surface area contributed by atoms with E-state index in [0.717, 1.165) is 5.56 Å². The Balaban J connectivity index is 2.16. The van der Waals surface area contributed by atoms with E-state index in [0.29, 0.717) is 6.07 Å². The molecule has 28 heavy (non-hydrogen) atoms. The molecule has 1 heterocycles. The smallest absolute Gasteiger partial charge is 0.279 e. The van der Waals surface area contributed by atoms with Gasteiger partial charge in [0, 0.05) is 5.39 Å². The van der Waals surface area contributed by atoms with Gasteiger partial charge >= 0.3 is 12.1 Å². The monoisotopic (exact) mass is 416 g/mol. The van der Waals surface area contributed by atoms with E-state index in [9.17, 15) is 30.4 Å². The number of rotatable bonds is 4. The van der Waals surface area contributed by atoms with Crippen LogP contribution < -0.4 is 4.72 Å². The molecule has 1 N–H and O–H groups in total. The molecule has 148 valence electrons. The average Bonchev–Trinajstić information content (AvgIpc) is 2.60. The van der Waals surface area contributed by atoms with Gasteiger partial charge in [-0.25, -0.2) is 13.4 Å². The molecule has 0 aliphatic rings. The van der Waals surface area contributed by atoms with Crippen molar-refractivity contribution < 1.29 is 30.4 Å². The van der Waals surface area contributed by atoms with Crippen molar-refractivity contribution in [1.29, 1.82) is 0 Å². The zero-order chi connectivity index (χ0) is 20.7. The van der Waals surface area contributed by atoms with E-state index in [1.165, 1.54) is 48.5 Å². The fourth-order valence-corrected chi connectivity index (χ4v) is 3.56. The second-order valence-corrected chi connectivity index (χ2v) is 7.75. The third kappa shape index (κ3) is 3.64. The lowest BCUT2D eigenvalue weighted by Crippen LogP contribution is -2.34. The normalized spacial score (nSPS) is 12.9. The van der Waals surface area contributed by atoms with Crippen LogP contribution in [0.5, 0.6) is 0 Å². The van der Waals surface area contributed by atoms with E-state index in [1.54, 1.807) is 6.92 Å². The first-order valence-electron chi connectivity index (χ1n) is 7.86. The number of nitrogens with one attached hydrogen (secondary N) is 1. The molecule has 3 aromatic rings. The average molecular weight is 416 g/mol. The first-order chi connectivity index (χ1) is 12.9. The van der Waals surface area contributed by atoms with E-state index in [1.807, 2.05) is 0 Å². The van der Waals surface area contributed by atoms with Crippen molar-refractivity contribution in [3.8, 4) is 0 Å². The van der Waals surface area contributed by atoms with Crippen LogP contribution in [0.2, 0.25) is 0 Å². The molecule has 0 unspecified atom stereocenters. The highest BCUT2D eigenvalue weighted by atomic mass is 32.2. The molecule has 0 aliphatic heterocycles. The number of nitrogens with zero attached hydrogens (tertiary/aromatic N) is 1. The number of benzene rings is 2. The minimum Gasteiger partial charge on any atom is -0.279 e. The molecule has 0 atom stereocenters. The number of alkyl halides is 5. The zero-order valence-corrected chi connectivity index (χ0v) is 15.1. The summed E-state index contributed by atoms with van der Waals surface area (Å²) in [7, 11) is -4.22. The summed E-state index contributed by atoms with van der Waals surface area (Å²) in [6.07, 6.45) is -5.88. The van der Waals surface area contributed by atoms with Crippen LogP contribution in [0.3, 0.4) is 0 Å². The second-order valence-electron chi connectivity index (χ2n) is 6.06. The summed E-state index contributed by atoms with van der Waals surface area (Å²) in [5.74, 6) is -5.25. The summed E-state index contributed by atoms with van der Waals surface area (Å²) in [5, 5.41) is 0.0833. The van der Waals surface area contributed by atoms with Gasteiger partial charge in [-0.15, -0.1) is 0 Å². The van der Waals surface area contributed by atoms with Gasteiger partial charge in [-0.05, 0) is 31.2 Å². The van der Waals surface area contributed by atoms with Crippen molar-refractivity contribution in [2.75, 3.05) is 4.72 Å². The predicted octanol–water partition coefficient (Wildman–Crippen LogP) is 5.00. The lowest BCUT2D eigenvalue weighted by Gasteiger charge is -2.20. The van der Waals surface area contributed by atoms with Crippen LogP contribution in [0.1, 0.15) is 11.3 Å². The summed E-state index contributed by atoms with van der Waals surface area (Å²) < 4.78 is 93.1. The fourth-order valence-electron chi connectivity index (χ4n) is 2.49. The molecular weight excluding hydrogens is 403 g/mol. The van der Waals surface area contributed by atoms with Gasteiger partial charge < -0.3 is 0 Å². The molecule has 0 radical (unpaired) electrons. The highest BCUT2D eigenvalue weighted by molar-refractivity contribution is 7.92. The lowest BCUT2D eigenvalue weighted by molar-refractivity contribution is -0.290. The van der Waals surface area contributed by atoms with E-state index < -0.39 is 33.5 Å². The van der Waals surface area contributed by atoms with Gasteiger partial charge in [0.2, 0.25) is 0 Å². The second kappa shape index (κ2) is 6.69. The Bertz CT molecular complexity index is 1130. The van der Waals surface area contributed by atoms with Crippen LogP contribution in [-0.2, 0) is 15.9 Å². The van der Waals surface area contributed by atoms with Gasteiger partial charge in [0.1, 0.15) is 5.69 Å². The SMILES string of the molecule is Cc1ccc(S(=O)(=O)Nc2cc(C(F)(F)C(F)(F)F)nc3ccccc23)cc1. The van der Waals surface area contributed by atoms with Crippen LogP contribution in [-0.4, -0.2) is 19.6 Å². The van der Waals surface area contributed by atoms with Gasteiger partial charge in [0.15, 0.2) is 0 Å². The molecule has 0 aliphatic carbocycles. The number of fused-ring (bicyclic) bond motifs is 1. The number of aryl methyl sites for hydroxylation is 1. The number of anilines is 1. The van der Waals surface area contributed by atoms with Crippen molar-refractivity contribution >= 4 is 26.6 Å². The summed E-state index contributed by atoms with van der Waals surface area (Å²) in [6.45, 7) is 1.74. The Kier molecular flexibility index (Phi) is 4.78. The molecule has 0 fully saturated rings. The van der Waals surface area contributed by atoms with Crippen molar-refractivity contribution in [2.45, 2.75) is 23.9 Å². The number of hydrogen-bond acceptors (Lipinski definition) is 3. The molecular formula is C18H13F5N2O2S. The summed E-state index contributed by atoms with van der Waals surface area (Å²) in [5.41, 5.74) is -1.43. The number of halogens is 5. The molecule has 10 heteroatoms.